The van der Waals surface area contributed by atoms with E-state index in [1.54, 1.807) is 0 Å². The van der Waals surface area contributed by atoms with E-state index in [1.165, 1.54) is 5.56 Å². The average molecular weight is 364 g/mol. The van der Waals surface area contributed by atoms with Gasteiger partial charge in [-0.3, -0.25) is 9.59 Å². The second-order valence-electron chi connectivity index (χ2n) is 6.78. The van der Waals surface area contributed by atoms with Gasteiger partial charge in [-0.15, -0.1) is 0 Å². The second kappa shape index (κ2) is 6.15. The van der Waals surface area contributed by atoms with Gasteiger partial charge in [0.2, 0.25) is 5.91 Å². The summed E-state index contributed by atoms with van der Waals surface area (Å²) in [5.41, 5.74) is 1.27. The van der Waals surface area contributed by atoms with E-state index in [4.69, 9.17) is 0 Å². The lowest BCUT2D eigenvalue weighted by molar-refractivity contribution is -0.143. The van der Waals surface area contributed by atoms with Gasteiger partial charge in [0.15, 0.2) is 0 Å². The molecule has 1 saturated heterocycles. The molecule has 22 heavy (non-hydrogen) atoms. The van der Waals surface area contributed by atoms with Crippen molar-refractivity contribution in [2.45, 2.75) is 51.5 Å². The van der Waals surface area contributed by atoms with Gasteiger partial charge in [0.1, 0.15) is 5.78 Å². The van der Waals surface area contributed by atoms with Crippen LogP contribution in [0, 0.1) is 5.41 Å². The number of rotatable bonds is 2. The van der Waals surface area contributed by atoms with E-state index in [0.29, 0.717) is 25.0 Å². The van der Waals surface area contributed by atoms with Gasteiger partial charge in [-0.05, 0) is 49.3 Å². The Hall–Kier alpha value is -1.16. The molecule has 118 valence electrons. The number of hydrogen-bond acceptors (Lipinski definition) is 2. The van der Waals surface area contributed by atoms with Gasteiger partial charge < -0.3 is 4.90 Å². The van der Waals surface area contributed by atoms with E-state index in [1.807, 2.05) is 17.0 Å². The van der Waals surface area contributed by atoms with Gasteiger partial charge >= 0.3 is 0 Å². The summed E-state index contributed by atoms with van der Waals surface area (Å²) >= 11 is 3.45. The highest BCUT2D eigenvalue weighted by Gasteiger charge is 2.42. The maximum absolute atomic E-state index is 12.7. The lowest BCUT2D eigenvalue weighted by atomic mass is 9.67. The standard InChI is InChI=1S/C18H22BrNO2/c1-13(14-2-4-15(19)5-3-14)20-11-10-18(12-17(20)22)8-6-16(21)7-9-18/h2-5,13H,6-12H2,1H3/t13-/m0/s1. The van der Waals surface area contributed by atoms with Crippen molar-refractivity contribution < 1.29 is 9.59 Å². The van der Waals surface area contributed by atoms with Crippen LogP contribution in [0.2, 0.25) is 0 Å². The fourth-order valence-corrected chi connectivity index (χ4v) is 4.07. The minimum absolute atomic E-state index is 0.0981. The van der Waals surface area contributed by atoms with Crippen molar-refractivity contribution >= 4 is 27.6 Å². The Balaban J connectivity index is 1.69. The van der Waals surface area contributed by atoms with E-state index in [2.05, 4.69) is 35.0 Å². The van der Waals surface area contributed by atoms with Crippen LogP contribution < -0.4 is 0 Å². The number of ketones is 1. The highest BCUT2D eigenvalue weighted by Crippen LogP contribution is 2.45. The predicted molar refractivity (Wildman–Crippen MR) is 89.4 cm³/mol. The van der Waals surface area contributed by atoms with E-state index >= 15 is 0 Å². The molecule has 1 aromatic carbocycles. The third-order valence-corrected chi connectivity index (χ3v) is 5.95. The number of Topliss-reactive ketones (excluding diaryl/α,β-unsaturated/α-hetero) is 1. The minimum atomic E-state index is 0.0981. The second-order valence-corrected chi connectivity index (χ2v) is 7.70. The normalized spacial score (nSPS) is 22.9. The zero-order valence-electron chi connectivity index (χ0n) is 13.0. The molecule has 0 radical (unpaired) electrons. The van der Waals surface area contributed by atoms with Crippen LogP contribution in [0.5, 0.6) is 0 Å². The number of amides is 1. The quantitative estimate of drug-likeness (QED) is 0.786. The van der Waals surface area contributed by atoms with Crippen molar-refractivity contribution in [1.29, 1.82) is 0 Å². The van der Waals surface area contributed by atoms with Crippen molar-refractivity contribution in [2.24, 2.45) is 5.41 Å². The Morgan fingerprint density at radius 3 is 2.32 bits per heavy atom. The predicted octanol–water partition coefficient (Wildman–Crippen LogP) is 4.26. The summed E-state index contributed by atoms with van der Waals surface area (Å²) in [6.45, 7) is 2.91. The average Bonchev–Trinajstić information content (AvgIpc) is 2.51. The maximum atomic E-state index is 12.7. The van der Waals surface area contributed by atoms with Crippen molar-refractivity contribution in [1.82, 2.24) is 4.90 Å². The summed E-state index contributed by atoms with van der Waals surface area (Å²) < 4.78 is 1.05. The summed E-state index contributed by atoms with van der Waals surface area (Å²) in [5.74, 6) is 0.611. The van der Waals surface area contributed by atoms with Crippen LogP contribution >= 0.6 is 15.9 Å². The Morgan fingerprint density at radius 2 is 1.73 bits per heavy atom. The third kappa shape index (κ3) is 3.12. The zero-order chi connectivity index (χ0) is 15.7. The van der Waals surface area contributed by atoms with Crippen LogP contribution in [0.3, 0.4) is 0 Å². The van der Waals surface area contributed by atoms with E-state index in [-0.39, 0.29) is 17.4 Å². The van der Waals surface area contributed by atoms with E-state index in [9.17, 15) is 9.59 Å². The number of piperidine rings is 1. The van der Waals surface area contributed by atoms with Crippen molar-refractivity contribution in [3.8, 4) is 0 Å². The maximum Gasteiger partial charge on any atom is 0.223 e. The Kier molecular flexibility index (Phi) is 4.40. The molecule has 1 spiro atoms. The zero-order valence-corrected chi connectivity index (χ0v) is 14.6. The fraction of sp³-hybridized carbons (Fsp3) is 0.556. The third-order valence-electron chi connectivity index (χ3n) is 5.42. The van der Waals surface area contributed by atoms with Crippen molar-refractivity contribution in [3.63, 3.8) is 0 Å². The molecule has 1 aliphatic heterocycles. The van der Waals surface area contributed by atoms with E-state index < -0.39 is 0 Å². The summed E-state index contributed by atoms with van der Waals surface area (Å²) in [5, 5.41) is 0. The lowest BCUT2D eigenvalue weighted by Crippen LogP contribution is -2.46. The van der Waals surface area contributed by atoms with Gasteiger partial charge in [-0.1, -0.05) is 28.1 Å². The number of carbonyl (C=O) groups is 2. The molecule has 1 atom stereocenters. The monoisotopic (exact) mass is 363 g/mol. The summed E-state index contributed by atoms with van der Waals surface area (Å²) in [6.07, 6.45) is 4.77. The Morgan fingerprint density at radius 1 is 1.09 bits per heavy atom. The summed E-state index contributed by atoms with van der Waals surface area (Å²) in [7, 11) is 0. The highest BCUT2D eigenvalue weighted by atomic mass is 79.9. The molecule has 1 heterocycles. The first-order valence-corrected chi connectivity index (χ1v) is 8.85. The summed E-state index contributed by atoms with van der Waals surface area (Å²) in [6, 6.07) is 8.31. The largest absolute Gasteiger partial charge is 0.336 e. The molecular formula is C18H22BrNO2. The smallest absolute Gasteiger partial charge is 0.223 e. The first kappa shape index (κ1) is 15.7. The van der Waals surface area contributed by atoms with Gasteiger partial charge in [0.05, 0.1) is 6.04 Å². The molecule has 2 fully saturated rings. The molecule has 0 aromatic heterocycles. The minimum Gasteiger partial charge on any atom is -0.336 e. The van der Waals surface area contributed by atoms with Crippen LogP contribution in [0.4, 0.5) is 0 Å². The van der Waals surface area contributed by atoms with Gasteiger partial charge in [-0.25, -0.2) is 0 Å². The fourth-order valence-electron chi connectivity index (χ4n) is 3.81. The van der Waals surface area contributed by atoms with Crippen LogP contribution in [0.1, 0.15) is 57.1 Å². The molecule has 1 amide bonds. The Bertz CT molecular complexity index is 571. The first-order valence-electron chi connectivity index (χ1n) is 8.06. The molecule has 0 unspecified atom stereocenters. The molecule has 1 saturated carbocycles. The van der Waals surface area contributed by atoms with Gasteiger partial charge in [-0.2, -0.15) is 0 Å². The number of nitrogens with zero attached hydrogens (tertiary/aromatic N) is 1. The van der Waals surface area contributed by atoms with Crippen molar-refractivity contribution in [2.75, 3.05) is 6.54 Å². The number of hydrogen-bond donors (Lipinski definition) is 0. The summed E-state index contributed by atoms with van der Waals surface area (Å²) in [4.78, 5) is 26.1. The van der Waals surface area contributed by atoms with Gasteiger partial charge in [0.25, 0.3) is 0 Å². The Labute approximate surface area is 140 Å². The van der Waals surface area contributed by atoms with Crippen LogP contribution in [0.15, 0.2) is 28.7 Å². The first-order chi connectivity index (χ1) is 10.5. The molecule has 3 nitrogen and oxygen atoms in total. The lowest BCUT2D eigenvalue weighted by Gasteiger charge is -2.45. The molecule has 1 aromatic rings. The molecule has 2 aliphatic rings. The number of halogens is 1. The molecular weight excluding hydrogens is 342 g/mol. The van der Waals surface area contributed by atoms with Crippen LogP contribution in [-0.4, -0.2) is 23.1 Å². The topological polar surface area (TPSA) is 37.4 Å². The highest BCUT2D eigenvalue weighted by molar-refractivity contribution is 9.10. The number of likely N-dealkylation sites (tertiary alicyclic amines) is 1. The van der Waals surface area contributed by atoms with Gasteiger partial charge in [0, 0.05) is 30.3 Å². The molecule has 0 N–H and O–H groups in total. The van der Waals surface area contributed by atoms with Crippen LogP contribution in [0.25, 0.3) is 0 Å². The molecule has 0 bridgehead atoms. The van der Waals surface area contributed by atoms with Crippen molar-refractivity contribution in [3.05, 3.63) is 34.3 Å². The molecule has 1 aliphatic carbocycles. The number of carbonyl (C=O) groups excluding carboxylic acids is 2. The van der Waals surface area contributed by atoms with E-state index in [0.717, 1.165) is 30.3 Å². The molecule has 4 heteroatoms. The number of benzene rings is 1. The molecule has 3 rings (SSSR count). The SMILES string of the molecule is C[C@@H](c1ccc(Br)cc1)N1CCC2(CCC(=O)CC2)CC1=O. The van der Waals surface area contributed by atoms with Crippen LogP contribution in [-0.2, 0) is 9.59 Å².